The van der Waals surface area contributed by atoms with E-state index in [0.29, 0.717) is 12.2 Å². The Morgan fingerprint density at radius 1 is 1.05 bits per heavy atom. The third-order valence-corrected chi connectivity index (χ3v) is 9.10. The highest BCUT2D eigenvalue weighted by Gasteiger charge is 2.32. The molecule has 1 aliphatic rings. The fourth-order valence-corrected chi connectivity index (χ4v) is 6.46. The van der Waals surface area contributed by atoms with Crippen LogP contribution in [-0.2, 0) is 22.9 Å². The van der Waals surface area contributed by atoms with Gasteiger partial charge in [0.15, 0.2) is 9.84 Å². The van der Waals surface area contributed by atoms with Gasteiger partial charge in [0, 0.05) is 31.6 Å². The Labute approximate surface area is 234 Å². The Hall–Kier alpha value is -3.39. The highest BCUT2D eigenvalue weighted by molar-refractivity contribution is 7.90. The van der Waals surface area contributed by atoms with Crippen molar-refractivity contribution in [2.75, 3.05) is 24.2 Å². The third kappa shape index (κ3) is 6.61. The Balaban J connectivity index is 1.41. The summed E-state index contributed by atoms with van der Waals surface area (Å²) < 4.78 is 30.1. The number of thiophene rings is 2. The Kier molecular flexibility index (Phi) is 8.21. The molecule has 0 amide bonds. The molecule has 13 heteroatoms. The van der Waals surface area contributed by atoms with Gasteiger partial charge in [-0.3, -0.25) is 15.0 Å². The number of anilines is 2. The minimum absolute atomic E-state index is 0.0654. The molecule has 0 N–H and O–H groups in total. The van der Waals surface area contributed by atoms with Gasteiger partial charge in [-0.2, -0.15) is 27.7 Å². The summed E-state index contributed by atoms with van der Waals surface area (Å²) >= 11 is 3.19. The summed E-state index contributed by atoms with van der Waals surface area (Å²) in [5.74, 6) is 0.0163. The first-order valence-electron chi connectivity index (χ1n) is 12.3. The molecule has 1 saturated heterocycles. The van der Waals surface area contributed by atoms with Gasteiger partial charge < -0.3 is 9.64 Å². The van der Waals surface area contributed by atoms with Crippen LogP contribution in [-0.4, -0.2) is 53.7 Å². The predicted molar refractivity (Wildman–Crippen MR) is 152 cm³/mol. The summed E-state index contributed by atoms with van der Waals surface area (Å²) in [5.41, 5.74) is 2.45. The first-order chi connectivity index (χ1) is 18.8. The number of aromatic nitrogens is 2. The van der Waals surface area contributed by atoms with Crippen LogP contribution in [0.4, 0.5) is 17.2 Å². The van der Waals surface area contributed by atoms with Crippen LogP contribution in [0, 0.1) is 10.1 Å². The average Bonchev–Trinajstić information content (AvgIpc) is 3.62. The van der Waals surface area contributed by atoms with Crippen LogP contribution in [0.3, 0.4) is 0 Å². The van der Waals surface area contributed by atoms with E-state index in [1.54, 1.807) is 28.4 Å². The minimum Gasteiger partial charge on any atom is -0.469 e. The maximum absolute atomic E-state index is 12.4. The van der Waals surface area contributed by atoms with Crippen LogP contribution in [0.1, 0.15) is 24.0 Å². The molecular weight excluding hydrogens is 559 g/mol. The number of rotatable bonds is 10. The minimum atomic E-state index is -3.40. The highest BCUT2D eigenvalue weighted by atomic mass is 32.2. The second-order valence-corrected chi connectivity index (χ2v) is 12.9. The monoisotopic (exact) mass is 585 g/mol. The summed E-state index contributed by atoms with van der Waals surface area (Å²) in [6.07, 6.45) is 3.66. The van der Waals surface area contributed by atoms with E-state index in [-0.39, 0.29) is 28.4 Å². The Morgan fingerprint density at radius 2 is 1.72 bits per heavy atom. The van der Waals surface area contributed by atoms with Gasteiger partial charge in [-0.15, -0.1) is 0 Å². The quantitative estimate of drug-likeness (QED) is 0.181. The topological polar surface area (TPSA) is 119 Å². The molecule has 1 aliphatic heterocycles. The van der Waals surface area contributed by atoms with Crippen LogP contribution in [0.25, 0.3) is 0 Å². The van der Waals surface area contributed by atoms with E-state index >= 15 is 0 Å². The third-order valence-electron chi connectivity index (χ3n) is 6.50. The average molecular weight is 586 g/mol. The summed E-state index contributed by atoms with van der Waals surface area (Å²) in [6, 6.07) is 10.3. The van der Waals surface area contributed by atoms with E-state index in [1.807, 2.05) is 16.8 Å². The van der Waals surface area contributed by atoms with E-state index in [4.69, 9.17) is 4.74 Å². The number of nitrogens with zero attached hydrogens (tertiary/aromatic N) is 5. The molecule has 10 nitrogen and oxygen atoms in total. The molecule has 1 aromatic carbocycles. The van der Waals surface area contributed by atoms with Crippen molar-refractivity contribution in [2.45, 2.75) is 36.9 Å². The normalized spacial score (nSPS) is 14.8. The van der Waals surface area contributed by atoms with E-state index in [9.17, 15) is 18.5 Å². The van der Waals surface area contributed by atoms with Crippen molar-refractivity contribution in [3.8, 4) is 5.88 Å². The molecule has 0 aliphatic carbocycles. The lowest BCUT2D eigenvalue weighted by Crippen LogP contribution is -2.38. The van der Waals surface area contributed by atoms with E-state index in [1.165, 1.54) is 35.4 Å². The number of sulfone groups is 1. The van der Waals surface area contributed by atoms with E-state index in [0.717, 1.165) is 44.3 Å². The van der Waals surface area contributed by atoms with Crippen LogP contribution in [0.15, 0.2) is 69.1 Å². The summed E-state index contributed by atoms with van der Waals surface area (Å²) in [7, 11) is -3.40. The zero-order valence-corrected chi connectivity index (χ0v) is 23.6. The maximum Gasteiger partial charge on any atom is 0.373 e. The predicted octanol–water partition coefficient (Wildman–Crippen LogP) is 5.29. The molecular formula is C26H27N5O5S3. The second-order valence-electron chi connectivity index (χ2n) is 9.32. The van der Waals surface area contributed by atoms with Crippen LogP contribution < -0.4 is 9.64 Å². The van der Waals surface area contributed by atoms with Crippen LogP contribution >= 0.6 is 22.7 Å². The first kappa shape index (κ1) is 27.2. The molecule has 39 heavy (non-hydrogen) atoms. The van der Waals surface area contributed by atoms with Gasteiger partial charge in [0.2, 0.25) is 5.82 Å². The molecule has 204 valence electrons. The van der Waals surface area contributed by atoms with Crippen LogP contribution in [0.2, 0.25) is 0 Å². The lowest BCUT2D eigenvalue weighted by Gasteiger charge is -2.31. The van der Waals surface area contributed by atoms with Crippen molar-refractivity contribution in [2.24, 2.45) is 0 Å². The zero-order valence-electron chi connectivity index (χ0n) is 21.2. The van der Waals surface area contributed by atoms with Gasteiger partial charge in [-0.25, -0.2) is 13.4 Å². The molecule has 0 radical (unpaired) electrons. The Bertz CT molecular complexity index is 1500. The summed E-state index contributed by atoms with van der Waals surface area (Å²) in [5, 5.41) is 20.5. The molecule has 4 aromatic rings. The number of ether oxygens (including phenoxy) is 1. The summed E-state index contributed by atoms with van der Waals surface area (Å²) in [6.45, 7) is 2.82. The highest BCUT2D eigenvalue weighted by Crippen LogP contribution is 2.39. The molecule has 4 heterocycles. The standard InChI is InChI=1S/C26H27N5O5S3/c1-39(34,35)23-4-2-21(3-5-23)30(15-20-9-13-38-17-20)25-24(31(32)33)26(28-18-27-25)36-22-6-10-29(11-7-22)14-19-8-12-37-16-19/h2-5,8-9,12-13,16-18,22H,6-7,10-11,14-15H2,1H3. The molecule has 0 bridgehead atoms. The number of piperidine rings is 1. The van der Waals surface area contributed by atoms with Crippen molar-refractivity contribution < 1.29 is 18.1 Å². The van der Waals surface area contributed by atoms with Gasteiger partial charge in [0.25, 0.3) is 5.88 Å². The first-order valence-corrected chi connectivity index (χ1v) is 16.0. The number of likely N-dealkylation sites (tertiary alicyclic amines) is 1. The fourth-order valence-electron chi connectivity index (χ4n) is 4.51. The molecule has 0 atom stereocenters. The van der Waals surface area contributed by atoms with Crippen molar-refractivity contribution in [3.05, 3.63) is 85.5 Å². The van der Waals surface area contributed by atoms with Crippen molar-refractivity contribution in [1.82, 2.24) is 14.9 Å². The van der Waals surface area contributed by atoms with Crippen molar-refractivity contribution >= 4 is 49.7 Å². The smallest absolute Gasteiger partial charge is 0.373 e. The second kappa shape index (κ2) is 11.8. The lowest BCUT2D eigenvalue weighted by molar-refractivity contribution is -0.385. The molecule has 1 fully saturated rings. The van der Waals surface area contributed by atoms with Gasteiger partial charge in [0.1, 0.15) is 12.4 Å². The molecule has 0 unspecified atom stereocenters. The largest absolute Gasteiger partial charge is 0.469 e. The van der Waals surface area contributed by atoms with E-state index < -0.39 is 14.8 Å². The van der Waals surface area contributed by atoms with Gasteiger partial charge >= 0.3 is 5.69 Å². The Morgan fingerprint density at radius 3 is 2.31 bits per heavy atom. The summed E-state index contributed by atoms with van der Waals surface area (Å²) in [4.78, 5) is 24.5. The van der Waals surface area contributed by atoms with Gasteiger partial charge in [-0.05, 0) is 81.9 Å². The lowest BCUT2D eigenvalue weighted by atomic mass is 10.1. The molecule has 0 spiro atoms. The van der Waals surface area contributed by atoms with Gasteiger partial charge in [0.05, 0.1) is 16.4 Å². The zero-order chi connectivity index (χ0) is 27.4. The van der Waals surface area contributed by atoms with Crippen molar-refractivity contribution in [1.29, 1.82) is 0 Å². The maximum atomic E-state index is 12.4. The molecule has 3 aromatic heterocycles. The van der Waals surface area contributed by atoms with Crippen LogP contribution in [0.5, 0.6) is 5.88 Å². The molecule has 5 rings (SSSR count). The number of benzene rings is 1. The van der Waals surface area contributed by atoms with Crippen molar-refractivity contribution in [3.63, 3.8) is 0 Å². The SMILES string of the molecule is CS(=O)(=O)c1ccc(N(Cc2ccsc2)c2ncnc(OC3CCN(Cc4ccsc4)CC3)c2[N+](=O)[O-])cc1. The van der Waals surface area contributed by atoms with E-state index in [2.05, 4.69) is 31.7 Å². The van der Waals surface area contributed by atoms with Gasteiger partial charge in [-0.1, -0.05) is 0 Å². The number of hydrogen-bond donors (Lipinski definition) is 0. The number of nitro groups is 1. The number of hydrogen-bond acceptors (Lipinski definition) is 11. The molecule has 0 saturated carbocycles. The fraction of sp³-hybridized carbons (Fsp3) is 0.308.